The molecule has 4 nitrogen and oxygen atoms in total. The molecule has 1 amide bonds. The Balaban J connectivity index is 2.46. The molecular weight excluding hydrogens is 290 g/mol. The van der Waals surface area contributed by atoms with Crippen molar-refractivity contribution in [2.45, 2.75) is 39.7 Å². The van der Waals surface area contributed by atoms with Crippen LogP contribution in [-0.4, -0.2) is 23.3 Å². The molecule has 0 radical (unpaired) electrons. The topological polar surface area (TPSA) is 58.6 Å². The summed E-state index contributed by atoms with van der Waals surface area (Å²) in [5, 5.41) is 12.5. The highest BCUT2D eigenvalue weighted by atomic mass is 35.5. The Kier molecular flexibility index (Phi) is 5.92. The zero-order valence-corrected chi connectivity index (χ0v) is 13.5. The van der Waals surface area contributed by atoms with Crippen molar-refractivity contribution >= 4 is 17.7 Å². The minimum atomic E-state index is -0.504. The highest BCUT2D eigenvalue weighted by Gasteiger charge is 2.15. The smallest absolute Gasteiger partial charge is 0.407 e. The van der Waals surface area contributed by atoms with Crippen molar-refractivity contribution in [3.8, 4) is 17.6 Å². The average Bonchev–Trinajstić information content (AvgIpc) is 2.33. The molecule has 0 saturated heterocycles. The minimum absolute atomic E-state index is 0.0776. The number of rotatable bonds is 2. The average molecular weight is 310 g/mol. The molecule has 0 aliphatic rings. The zero-order valence-electron chi connectivity index (χ0n) is 12.7. The Morgan fingerprint density at radius 3 is 2.67 bits per heavy atom. The van der Waals surface area contributed by atoms with Crippen LogP contribution in [0.5, 0.6) is 5.75 Å². The van der Waals surface area contributed by atoms with Crippen LogP contribution in [0.4, 0.5) is 4.79 Å². The fraction of sp³-hybridized carbons (Fsp3) is 0.438. The largest absolute Gasteiger partial charge is 0.506 e. The molecule has 0 aliphatic heterocycles. The summed E-state index contributed by atoms with van der Waals surface area (Å²) in [6.07, 6.45) is 0.0457. The van der Waals surface area contributed by atoms with E-state index in [1.54, 1.807) is 19.1 Å². The van der Waals surface area contributed by atoms with Crippen molar-refractivity contribution in [3.05, 3.63) is 28.3 Å². The maximum atomic E-state index is 11.4. The molecule has 0 fully saturated rings. The summed E-state index contributed by atoms with van der Waals surface area (Å²) in [6.45, 7) is 7.60. The van der Waals surface area contributed by atoms with Gasteiger partial charge in [-0.25, -0.2) is 4.79 Å². The van der Waals surface area contributed by atoms with Gasteiger partial charge in [0, 0.05) is 18.5 Å². The number of nitrogens with one attached hydrogen (secondary N) is 1. The molecule has 0 heterocycles. The van der Waals surface area contributed by atoms with Gasteiger partial charge in [-0.05, 0) is 45.4 Å². The van der Waals surface area contributed by atoms with E-state index in [1.165, 1.54) is 0 Å². The number of phenolic OH excluding ortho intramolecular Hbond substituents is 1. The van der Waals surface area contributed by atoms with E-state index in [0.29, 0.717) is 18.5 Å². The number of aryl methyl sites for hydroxylation is 1. The second kappa shape index (κ2) is 7.24. The third kappa shape index (κ3) is 6.42. The Morgan fingerprint density at radius 2 is 2.10 bits per heavy atom. The predicted octanol–water partition coefficient (Wildman–Crippen LogP) is 3.62. The van der Waals surface area contributed by atoms with Crippen LogP contribution < -0.4 is 5.32 Å². The van der Waals surface area contributed by atoms with Crippen molar-refractivity contribution in [1.82, 2.24) is 5.32 Å². The molecule has 0 aliphatic carbocycles. The lowest BCUT2D eigenvalue weighted by Crippen LogP contribution is -2.32. The summed E-state index contributed by atoms with van der Waals surface area (Å²) >= 11 is 5.87. The van der Waals surface area contributed by atoms with E-state index in [1.807, 2.05) is 20.8 Å². The maximum absolute atomic E-state index is 11.4. The van der Waals surface area contributed by atoms with Gasteiger partial charge in [-0.2, -0.15) is 0 Å². The van der Waals surface area contributed by atoms with Crippen molar-refractivity contribution in [1.29, 1.82) is 0 Å². The second-order valence-corrected chi connectivity index (χ2v) is 6.01. The normalized spacial score (nSPS) is 10.5. The third-order valence-corrected chi connectivity index (χ3v) is 2.69. The van der Waals surface area contributed by atoms with Gasteiger partial charge in [0.1, 0.15) is 11.4 Å². The lowest BCUT2D eigenvalue weighted by Gasteiger charge is -2.19. The molecule has 1 aromatic rings. The Hall–Kier alpha value is -1.86. The Morgan fingerprint density at radius 1 is 1.43 bits per heavy atom. The fourth-order valence-corrected chi connectivity index (χ4v) is 1.78. The summed E-state index contributed by atoms with van der Waals surface area (Å²) in [7, 11) is 0. The lowest BCUT2D eigenvalue weighted by atomic mass is 10.1. The Labute approximate surface area is 130 Å². The first-order valence-electron chi connectivity index (χ1n) is 6.64. The molecule has 0 unspecified atom stereocenters. The number of carbonyl (C=O) groups is 1. The molecule has 0 spiro atoms. The van der Waals surface area contributed by atoms with E-state index in [-0.39, 0.29) is 10.8 Å². The summed E-state index contributed by atoms with van der Waals surface area (Å²) < 4.78 is 5.10. The highest BCUT2D eigenvalue weighted by molar-refractivity contribution is 6.32. The van der Waals surface area contributed by atoms with E-state index in [4.69, 9.17) is 16.3 Å². The summed E-state index contributed by atoms with van der Waals surface area (Å²) in [6, 6.07) is 3.37. The third-order valence-electron chi connectivity index (χ3n) is 2.40. The number of ether oxygens (including phenoxy) is 1. The minimum Gasteiger partial charge on any atom is -0.506 e. The van der Waals surface area contributed by atoms with Gasteiger partial charge in [0.05, 0.1) is 5.02 Å². The van der Waals surface area contributed by atoms with Crippen molar-refractivity contribution < 1.29 is 14.6 Å². The molecule has 0 bridgehead atoms. The van der Waals surface area contributed by atoms with Gasteiger partial charge in [-0.1, -0.05) is 23.4 Å². The van der Waals surface area contributed by atoms with Gasteiger partial charge >= 0.3 is 6.09 Å². The van der Waals surface area contributed by atoms with E-state index < -0.39 is 11.7 Å². The van der Waals surface area contributed by atoms with Crippen molar-refractivity contribution in [2.75, 3.05) is 6.54 Å². The number of phenols is 1. The van der Waals surface area contributed by atoms with Gasteiger partial charge in [-0.3, -0.25) is 0 Å². The number of carbonyl (C=O) groups excluding carboxylic acids is 1. The molecule has 1 rings (SSSR count). The number of benzene rings is 1. The number of alkyl carbamates (subject to hydrolysis) is 1. The highest BCUT2D eigenvalue weighted by Crippen LogP contribution is 2.27. The van der Waals surface area contributed by atoms with Gasteiger partial charge in [-0.15, -0.1) is 0 Å². The van der Waals surface area contributed by atoms with Gasteiger partial charge in [0.2, 0.25) is 0 Å². The van der Waals surface area contributed by atoms with Crippen LogP contribution in [-0.2, 0) is 4.74 Å². The predicted molar refractivity (Wildman–Crippen MR) is 83.6 cm³/mol. The molecule has 0 aromatic heterocycles. The van der Waals surface area contributed by atoms with E-state index in [9.17, 15) is 9.90 Å². The summed E-state index contributed by atoms with van der Waals surface area (Å²) in [5.74, 6) is 5.95. The van der Waals surface area contributed by atoms with Crippen molar-refractivity contribution in [3.63, 3.8) is 0 Å². The number of halogens is 1. The SMILES string of the molecule is Cc1cc(C#CCCNC(=O)OC(C)(C)C)cc(Cl)c1O. The van der Waals surface area contributed by atoms with Gasteiger partial charge < -0.3 is 15.2 Å². The molecule has 21 heavy (non-hydrogen) atoms. The molecule has 114 valence electrons. The Bertz CT molecular complexity index is 556. The molecule has 0 atom stereocenters. The van der Waals surface area contributed by atoms with Gasteiger partial charge in [0.15, 0.2) is 0 Å². The standard InChI is InChI=1S/C16H20ClNO3/c1-11-9-12(10-13(17)14(11)19)7-5-6-8-18-15(20)21-16(2,3)4/h9-10,19H,6,8H2,1-4H3,(H,18,20). The molecular formula is C16H20ClNO3. The first kappa shape index (κ1) is 17.2. The van der Waals surface area contributed by atoms with Crippen molar-refractivity contribution in [2.24, 2.45) is 0 Å². The lowest BCUT2D eigenvalue weighted by molar-refractivity contribution is 0.0529. The number of hydrogen-bond acceptors (Lipinski definition) is 3. The van der Waals surface area contributed by atoms with Crippen LogP contribution in [0.25, 0.3) is 0 Å². The molecule has 5 heteroatoms. The number of hydrogen-bond donors (Lipinski definition) is 2. The summed E-state index contributed by atoms with van der Waals surface area (Å²) in [4.78, 5) is 11.4. The summed E-state index contributed by atoms with van der Waals surface area (Å²) in [5.41, 5.74) is 0.905. The molecule has 1 aromatic carbocycles. The quantitative estimate of drug-likeness (QED) is 0.648. The fourth-order valence-electron chi connectivity index (χ4n) is 1.51. The molecule has 2 N–H and O–H groups in total. The zero-order chi connectivity index (χ0) is 16.0. The van der Waals surface area contributed by atoms with Crippen LogP contribution in [0.1, 0.15) is 38.3 Å². The van der Waals surface area contributed by atoms with Crippen LogP contribution in [0.2, 0.25) is 5.02 Å². The van der Waals surface area contributed by atoms with Crippen LogP contribution in [0, 0.1) is 18.8 Å². The van der Waals surface area contributed by atoms with E-state index >= 15 is 0 Å². The monoisotopic (exact) mass is 309 g/mol. The first-order chi connectivity index (χ1) is 9.69. The van der Waals surface area contributed by atoms with Crippen LogP contribution >= 0.6 is 11.6 Å². The second-order valence-electron chi connectivity index (χ2n) is 5.60. The maximum Gasteiger partial charge on any atom is 0.407 e. The molecule has 0 saturated carbocycles. The van der Waals surface area contributed by atoms with E-state index in [2.05, 4.69) is 17.2 Å². The number of aromatic hydroxyl groups is 1. The van der Waals surface area contributed by atoms with Crippen LogP contribution in [0.15, 0.2) is 12.1 Å². The van der Waals surface area contributed by atoms with E-state index in [0.717, 1.165) is 5.56 Å². The number of amides is 1. The van der Waals surface area contributed by atoms with Crippen LogP contribution in [0.3, 0.4) is 0 Å². The first-order valence-corrected chi connectivity index (χ1v) is 7.01. The van der Waals surface area contributed by atoms with Gasteiger partial charge in [0.25, 0.3) is 0 Å².